The number of rotatable bonds is 3. The third-order valence-corrected chi connectivity index (χ3v) is 5.93. The van der Waals surface area contributed by atoms with E-state index in [-0.39, 0.29) is 27.6 Å². The predicted molar refractivity (Wildman–Crippen MR) is 70.5 cm³/mol. The molecule has 1 aromatic carbocycles. The van der Waals surface area contributed by atoms with Crippen LogP contribution in [0.1, 0.15) is 12.8 Å². The molecule has 2 rings (SSSR count). The molecule has 1 aliphatic rings. The average Bonchev–Trinajstić information content (AvgIpc) is 2.77. The van der Waals surface area contributed by atoms with Crippen LogP contribution in [0.25, 0.3) is 0 Å². The summed E-state index contributed by atoms with van der Waals surface area (Å²) in [6, 6.07) is 4.19. The highest BCUT2D eigenvalue weighted by Crippen LogP contribution is 2.34. The van der Waals surface area contributed by atoms with E-state index >= 15 is 0 Å². The van der Waals surface area contributed by atoms with Crippen molar-refractivity contribution in [2.24, 2.45) is 0 Å². The van der Waals surface area contributed by atoms with E-state index in [2.05, 4.69) is 0 Å². The largest absolute Gasteiger partial charge is 0.395 e. The lowest BCUT2D eigenvalue weighted by molar-refractivity contribution is 0.213. The van der Waals surface area contributed by atoms with E-state index in [0.717, 1.165) is 6.42 Å². The van der Waals surface area contributed by atoms with Crippen LogP contribution in [0.5, 0.6) is 0 Å². The first-order valence-corrected chi connectivity index (χ1v) is 7.75. The van der Waals surface area contributed by atoms with Crippen LogP contribution >= 0.6 is 23.2 Å². The van der Waals surface area contributed by atoms with Gasteiger partial charge in [0.1, 0.15) is 4.90 Å². The highest BCUT2D eigenvalue weighted by atomic mass is 35.5. The summed E-state index contributed by atoms with van der Waals surface area (Å²) in [5.74, 6) is 0. The standard InChI is InChI=1S/C11H13Cl2NO3S/c12-9-4-1-5-10(13)11(9)18(16,17)14-6-2-3-8(14)7-15/h1,4-5,8,15H,2-3,6-7H2. The number of halogens is 2. The Labute approximate surface area is 116 Å². The molecule has 0 aromatic heterocycles. The fraction of sp³-hybridized carbons (Fsp3) is 0.455. The van der Waals surface area contributed by atoms with Crippen molar-refractivity contribution in [3.05, 3.63) is 28.2 Å². The Morgan fingerprint density at radius 1 is 1.33 bits per heavy atom. The molecule has 1 unspecified atom stereocenters. The summed E-state index contributed by atoms with van der Waals surface area (Å²) >= 11 is 11.9. The smallest absolute Gasteiger partial charge is 0.246 e. The molecule has 1 aliphatic heterocycles. The number of hydrogen-bond acceptors (Lipinski definition) is 3. The van der Waals surface area contributed by atoms with Crippen molar-refractivity contribution in [3.63, 3.8) is 0 Å². The Bertz CT molecular complexity index is 527. The lowest BCUT2D eigenvalue weighted by Crippen LogP contribution is -2.37. The third kappa shape index (κ3) is 2.38. The van der Waals surface area contributed by atoms with Gasteiger partial charge in [0, 0.05) is 12.6 Å². The van der Waals surface area contributed by atoms with Gasteiger partial charge in [-0.05, 0) is 25.0 Å². The molecule has 0 spiro atoms. The number of aliphatic hydroxyl groups excluding tert-OH is 1. The third-order valence-electron chi connectivity index (χ3n) is 3.02. The van der Waals surface area contributed by atoms with Gasteiger partial charge in [0.2, 0.25) is 10.0 Å². The first-order valence-electron chi connectivity index (χ1n) is 5.55. The second-order valence-corrected chi connectivity index (χ2v) is 6.79. The van der Waals surface area contributed by atoms with Gasteiger partial charge in [-0.15, -0.1) is 0 Å². The van der Waals surface area contributed by atoms with Gasteiger partial charge in [-0.2, -0.15) is 4.31 Å². The van der Waals surface area contributed by atoms with Gasteiger partial charge in [-0.1, -0.05) is 29.3 Å². The zero-order valence-electron chi connectivity index (χ0n) is 9.51. The minimum Gasteiger partial charge on any atom is -0.395 e. The van der Waals surface area contributed by atoms with Crippen molar-refractivity contribution < 1.29 is 13.5 Å². The highest BCUT2D eigenvalue weighted by Gasteiger charge is 2.37. The summed E-state index contributed by atoms with van der Waals surface area (Å²) in [4.78, 5) is -0.0753. The fourth-order valence-corrected chi connectivity index (χ4v) is 4.93. The maximum atomic E-state index is 12.5. The molecule has 100 valence electrons. The molecule has 1 N–H and O–H groups in total. The van der Waals surface area contributed by atoms with Crippen LogP contribution in [0.4, 0.5) is 0 Å². The maximum Gasteiger partial charge on any atom is 0.246 e. The zero-order valence-corrected chi connectivity index (χ0v) is 11.8. The Morgan fingerprint density at radius 2 is 1.94 bits per heavy atom. The van der Waals surface area contributed by atoms with Crippen molar-refractivity contribution in [2.45, 2.75) is 23.8 Å². The monoisotopic (exact) mass is 309 g/mol. The summed E-state index contributed by atoms with van der Waals surface area (Å²) in [5, 5.41) is 9.42. The minimum atomic E-state index is -3.75. The molecule has 4 nitrogen and oxygen atoms in total. The zero-order chi connectivity index (χ0) is 13.3. The van der Waals surface area contributed by atoms with Crippen molar-refractivity contribution in [1.82, 2.24) is 4.31 Å². The van der Waals surface area contributed by atoms with E-state index in [0.29, 0.717) is 13.0 Å². The molecule has 1 saturated heterocycles. The average molecular weight is 310 g/mol. The van der Waals surface area contributed by atoms with Crippen LogP contribution in [0, 0.1) is 0 Å². The predicted octanol–water partition coefficient (Wildman–Crippen LogP) is 2.14. The molecular weight excluding hydrogens is 297 g/mol. The Kier molecular flexibility index (Phi) is 4.18. The first kappa shape index (κ1) is 14.1. The van der Waals surface area contributed by atoms with Gasteiger partial charge < -0.3 is 5.11 Å². The van der Waals surface area contributed by atoms with Gasteiger partial charge in [-0.25, -0.2) is 8.42 Å². The van der Waals surface area contributed by atoms with Crippen molar-refractivity contribution in [3.8, 4) is 0 Å². The summed E-state index contributed by atoms with van der Waals surface area (Å²) in [5.41, 5.74) is 0. The molecule has 7 heteroatoms. The molecule has 1 atom stereocenters. The Hall–Kier alpha value is -0.330. The quantitative estimate of drug-likeness (QED) is 0.930. The molecule has 0 saturated carbocycles. The van der Waals surface area contributed by atoms with Gasteiger partial charge in [0.05, 0.1) is 16.7 Å². The SMILES string of the molecule is O=S(=O)(c1c(Cl)cccc1Cl)N1CCCC1CO. The van der Waals surface area contributed by atoms with Gasteiger partial charge in [0.15, 0.2) is 0 Å². The van der Waals surface area contributed by atoms with Crippen LogP contribution in [0.3, 0.4) is 0 Å². The fourth-order valence-electron chi connectivity index (χ4n) is 2.15. The molecule has 1 fully saturated rings. The summed E-state index contributed by atoms with van der Waals surface area (Å²) < 4.78 is 26.3. The van der Waals surface area contributed by atoms with E-state index in [4.69, 9.17) is 23.2 Å². The van der Waals surface area contributed by atoms with Crippen molar-refractivity contribution >= 4 is 33.2 Å². The molecule has 1 aromatic rings. The van der Waals surface area contributed by atoms with E-state index in [9.17, 15) is 13.5 Å². The maximum absolute atomic E-state index is 12.5. The summed E-state index contributed by atoms with van der Waals surface area (Å²) in [7, 11) is -3.75. The summed E-state index contributed by atoms with van der Waals surface area (Å²) in [6.07, 6.45) is 1.38. The second-order valence-electron chi connectivity index (χ2n) is 4.15. The van der Waals surface area contributed by atoms with Crippen LogP contribution < -0.4 is 0 Å². The normalized spacial score (nSPS) is 21.4. The molecule has 0 radical (unpaired) electrons. The molecule has 0 aliphatic carbocycles. The number of aliphatic hydroxyl groups is 1. The van der Waals surface area contributed by atoms with Crippen molar-refractivity contribution in [1.29, 1.82) is 0 Å². The Morgan fingerprint density at radius 3 is 2.50 bits per heavy atom. The lowest BCUT2D eigenvalue weighted by Gasteiger charge is -2.23. The number of hydrogen-bond donors (Lipinski definition) is 1. The van der Waals surface area contributed by atoms with Crippen LogP contribution in [0.15, 0.2) is 23.1 Å². The Balaban J connectivity index is 2.49. The molecule has 0 bridgehead atoms. The minimum absolute atomic E-state index is 0.0753. The van der Waals surface area contributed by atoms with E-state index in [1.807, 2.05) is 0 Å². The van der Waals surface area contributed by atoms with Crippen molar-refractivity contribution in [2.75, 3.05) is 13.2 Å². The first-order chi connectivity index (χ1) is 8.48. The van der Waals surface area contributed by atoms with Gasteiger partial charge in [0.25, 0.3) is 0 Å². The van der Waals surface area contributed by atoms with Crippen LogP contribution in [0.2, 0.25) is 10.0 Å². The lowest BCUT2D eigenvalue weighted by atomic mass is 10.2. The van der Waals surface area contributed by atoms with E-state index < -0.39 is 10.0 Å². The van der Waals surface area contributed by atoms with Gasteiger partial charge in [-0.3, -0.25) is 0 Å². The van der Waals surface area contributed by atoms with Crippen LogP contribution in [-0.4, -0.2) is 37.0 Å². The van der Waals surface area contributed by atoms with E-state index in [1.54, 1.807) is 6.07 Å². The van der Waals surface area contributed by atoms with E-state index in [1.165, 1.54) is 16.4 Å². The molecular formula is C11H13Cl2NO3S. The van der Waals surface area contributed by atoms with Gasteiger partial charge >= 0.3 is 0 Å². The molecule has 0 amide bonds. The second kappa shape index (κ2) is 5.35. The number of sulfonamides is 1. The summed E-state index contributed by atoms with van der Waals surface area (Å²) in [6.45, 7) is 0.191. The van der Waals surface area contributed by atoms with Crippen LogP contribution in [-0.2, 0) is 10.0 Å². The number of nitrogens with zero attached hydrogens (tertiary/aromatic N) is 1. The topological polar surface area (TPSA) is 57.6 Å². The molecule has 1 heterocycles. The highest BCUT2D eigenvalue weighted by molar-refractivity contribution is 7.89. The molecule has 18 heavy (non-hydrogen) atoms. The number of benzene rings is 1.